The van der Waals surface area contributed by atoms with E-state index in [1.54, 1.807) is 6.07 Å². The zero-order chi connectivity index (χ0) is 23.2. The van der Waals surface area contributed by atoms with Gasteiger partial charge in [-0.05, 0) is 70.8 Å². The molecule has 2 N–H and O–H groups in total. The van der Waals surface area contributed by atoms with E-state index >= 15 is 0 Å². The first kappa shape index (κ1) is 21.3. The summed E-state index contributed by atoms with van der Waals surface area (Å²) in [5.41, 5.74) is 10.6. The lowest BCUT2D eigenvalue weighted by atomic mass is 9.85. The average molecular weight is 442 g/mol. The first-order valence-electron chi connectivity index (χ1n) is 11.3. The van der Waals surface area contributed by atoms with Gasteiger partial charge < -0.3 is 15.2 Å². The molecule has 0 aromatic heterocycles. The highest BCUT2D eigenvalue weighted by atomic mass is 16.7. The van der Waals surface area contributed by atoms with Crippen LogP contribution < -0.4 is 15.2 Å². The molecule has 0 bridgehead atoms. The summed E-state index contributed by atoms with van der Waals surface area (Å²) in [5.74, 6) is 1.51. The molecule has 5 nitrogen and oxygen atoms in total. The fourth-order valence-electron chi connectivity index (χ4n) is 4.71. The number of benzene rings is 3. The Bertz CT molecular complexity index is 1260. The predicted octanol–water partition coefficient (Wildman–Crippen LogP) is 5.15. The lowest BCUT2D eigenvalue weighted by Gasteiger charge is -2.18. The van der Waals surface area contributed by atoms with Crippen molar-refractivity contribution in [2.75, 3.05) is 6.79 Å². The van der Waals surface area contributed by atoms with Gasteiger partial charge in [0.1, 0.15) is 5.78 Å². The van der Waals surface area contributed by atoms with Crippen LogP contribution in [-0.4, -0.2) is 18.5 Å². The number of ketones is 1. The molecule has 1 aliphatic heterocycles. The van der Waals surface area contributed by atoms with Gasteiger partial charge in [-0.1, -0.05) is 50.2 Å². The summed E-state index contributed by atoms with van der Waals surface area (Å²) >= 11 is 0. The van der Waals surface area contributed by atoms with Crippen molar-refractivity contribution in [1.29, 1.82) is 0 Å². The van der Waals surface area contributed by atoms with Gasteiger partial charge in [0.05, 0.1) is 5.41 Å². The van der Waals surface area contributed by atoms with E-state index in [0.717, 1.165) is 40.8 Å². The minimum absolute atomic E-state index is 0.218. The molecule has 1 saturated carbocycles. The molecule has 5 rings (SSSR count). The number of primary amides is 1. The Kier molecular flexibility index (Phi) is 5.20. The summed E-state index contributed by atoms with van der Waals surface area (Å²) < 4.78 is 10.9. The maximum absolute atomic E-state index is 13.5. The van der Waals surface area contributed by atoms with Crippen LogP contribution in [0.25, 0.3) is 11.1 Å². The largest absolute Gasteiger partial charge is 0.454 e. The minimum atomic E-state index is -0.450. The van der Waals surface area contributed by atoms with Gasteiger partial charge in [-0.3, -0.25) is 9.59 Å². The normalized spacial score (nSPS) is 15.5. The van der Waals surface area contributed by atoms with E-state index in [-0.39, 0.29) is 12.6 Å². The molecule has 2 aliphatic rings. The van der Waals surface area contributed by atoms with Gasteiger partial charge in [0.15, 0.2) is 11.5 Å². The van der Waals surface area contributed by atoms with Gasteiger partial charge in [0, 0.05) is 12.0 Å². The first-order chi connectivity index (χ1) is 15.9. The summed E-state index contributed by atoms with van der Waals surface area (Å²) in [5, 5.41) is 0. The number of carbonyl (C=O) groups excluding carboxylic acids is 2. The SMILES string of the molecule is CC(C)c1ccc(CC(=O)C2(c3ccc4c(c3)OCO4)CC2)cc1-c1cccc(C(N)=O)c1. The molecule has 0 saturated heterocycles. The number of fused-ring (bicyclic) bond motifs is 1. The molecule has 168 valence electrons. The van der Waals surface area contributed by atoms with Crippen LogP contribution in [0.1, 0.15) is 59.7 Å². The second-order valence-electron chi connectivity index (χ2n) is 9.27. The Hall–Kier alpha value is -3.60. The zero-order valence-corrected chi connectivity index (χ0v) is 18.9. The molecule has 1 fully saturated rings. The molecule has 5 heteroatoms. The topological polar surface area (TPSA) is 78.6 Å². The van der Waals surface area contributed by atoms with Crippen molar-refractivity contribution in [3.05, 3.63) is 82.9 Å². The van der Waals surface area contributed by atoms with E-state index in [1.165, 1.54) is 5.56 Å². The Balaban J connectivity index is 1.45. The number of ether oxygens (including phenoxy) is 2. The number of rotatable bonds is 7. The molecule has 0 spiro atoms. The predicted molar refractivity (Wildman–Crippen MR) is 127 cm³/mol. The molecule has 33 heavy (non-hydrogen) atoms. The van der Waals surface area contributed by atoms with Crippen LogP contribution in [0.3, 0.4) is 0 Å². The second kappa shape index (κ2) is 8.07. The molecule has 0 radical (unpaired) electrons. The lowest BCUT2D eigenvalue weighted by Crippen LogP contribution is -2.22. The highest BCUT2D eigenvalue weighted by molar-refractivity contribution is 5.96. The number of hydrogen-bond donors (Lipinski definition) is 1. The lowest BCUT2D eigenvalue weighted by molar-refractivity contribution is -0.120. The fraction of sp³-hybridized carbons (Fsp3) is 0.286. The first-order valence-corrected chi connectivity index (χ1v) is 11.3. The van der Waals surface area contributed by atoms with Crippen molar-refractivity contribution in [3.63, 3.8) is 0 Å². The second-order valence-corrected chi connectivity index (χ2v) is 9.27. The summed E-state index contributed by atoms with van der Waals surface area (Å²) in [6.45, 7) is 4.50. The quantitative estimate of drug-likeness (QED) is 0.550. The molecule has 3 aromatic carbocycles. The maximum atomic E-state index is 13.5. The van der Waals surface area contributed by atoms with Gasteiger partial charge in [-0.25, -0.2) is 0 Å². The smallest absolute Gasteiger partial charge is 0.248 e. The molecule has 3 aromatic rings. The summed E-state index contributed by atoms with van der Waals surface area (Å²) in [7, 11) is 0. The minimum Gasteiger partial charge on any atom is -0.454 e. The third-order valence-corrected chi connectivity index (χ3v) is 6.77. The van der Waals surface area contributed by atoms with Gasteiger partial charge in [-0.15, -0.1) is 0 Å². The number of Topliss-reactive ketones (excluding diaryl/α,β-unsaturated/α-hetero) is 1. The summed E-state index contributed by atoms with van der Waals surface area (Å²) in [6, 6.07) is 19.4. The van der Waals surface area contributed by atoms with E-state index in [0.29, 0.717) is 23.7 Å². The number of hydrogen-bond acceptors (Lipinski definition) is 4. The van der Waals surface area contributed by atoms with Crippen LogP contribution in [0.2, 0.25) is 0 Å². The average Bonchev–Trinajstić information content (AvgIpc) is 3.49. The van der Waals surface area contributed by atoms with Crippen molar-refractivity contribution in [2.24, 2.45) is 5.73 Å². The third kappa shape index (κ3) is 3.88. The van der Waals surface area contributed by atoms with Crippen molar-refractivity contribution < 1.29 is 19.1 Å². The van der Waals surface area contributed by atoms with Gasteiger partial charge in [0.25, 0.3) is 0 Å². The van der Waals surface area contributed by atoms with Gasteiger partial charge in [0.2, 0.25) is 12.7 Å². The standard InChI is InChI=1S/C28H27NO4/c1-17(2)22-8-6-18(12-23(22)19-4-3-5-20(14-19)27(29)31)13-26(30)28(10-11-28)21-7-9-24-25(15-21)33-16-32-24/h3-9,12,14-15,17H,10-11,13,16H2,1-2H3,(H2,29,31). The molecule has 0 atom stereocenters. The van der Waals surface area contributed by atoms with Crippen LogP contribution in [0.15, 0.2) is 60.7 Å². The Morgan fingerprint density at radius 1 is 0.970 bits per heavy atom. The van der Waals surface area contributed by atoms with Crippen LogP contribution in [0.5, 0.6) is 11.5 Å². The van der Waals surface area contributed by atoms with Crippen molar-refractivity contribution >= 4 is 11.7 Å². The number of amides is 1. The van der Waals surface area contributed by atoms with Crippen molar-refractivity contribution in [2.45, 2.75) is 44.4 Å². The van der Waals surface area contributed by atoms with Crippen LogP contribution in [-0.2, 0) is 16.6 Å². The van der Waals surface area contributed by atoms with Gasteiger partial charge >= 0.3 is 0 Å². The Morgan fingerprint density at radius 3 is 2.48 bits per heavy atom. The summed E-state index contributed by atoms with van der Waals surface area (Å²) in [6.07, 6.45) is 2.06. The Labute approximate surface area is 193 Å². The molecule has 1 amide bonds. The Morgan fingerprint density at radius 2 is 1.76 bits per heavy atom. The highest BCUT2D eigenvalue weighted by Crippen LogP contribution is 2.51. The van der Waals surface area contributed by atoms with Crippen molar-refractivity contribution in [3.8, 4) is 22.6 Å². The fourth-order valence-corrected chi connectivity index (χ4v) is 4.71. The van der Waals surface area contributed by atoms with E-state index in [1.807, 2.05) is 42.5 Å². The maximum Gasteiger partial charge on any atom is 0.248 e. The van der Waals surface area contributed by atoms with Crippen LogP contribution >= 0.6 is 0 Å². The molecular formula is C28H27NO4. The van der Waals surface area contributed by atoms with E-state index in [9.17, 15) is 9.59 Å². The molecule has 1 heterocycles. The van der Waals surface area contributed by atoms with Crippen molar-refractivity contribution in [1.82, 2.24) is 0 Å². The monoisotopic (exact) mass is 441 g/mol. The number of carbonyl (C=O) groups is 2. The van der Waals surface area contributed by atoms with E-state index in [2.05, 4.69) is 26.0 Å². The molecule has 0 unspecified atom stereocenters. The number of nitrogens with two attached hydrogens (primary N) is 1. The van der Waals surface area contributed by atoms with E-state index < -0.39 is 11.3 Å². The van der Waals surface area contributed by atoms with Crippen LogP contribution in [0, 0.1) is 0 Å². The third-order valence-electron chi connectivity index (χ3n) is 6.77. The highest BCUT2D eigenvalue weighted by Gasteiger charge is 2.50. The zero-order valence-electron chi connectivity index (χ0n) is 18.9. The molecule has 1 aliphatic carbocycles. The summed E-state index contributed by atoms with van der Waals surface area (Å²) in [4.78, 5) is 25.2. The van der Waals surface area contributed by atoms with E-state index in [4.69, 9.17) is 15.2 Å². The molecular weight excluding hydrogens is 414 g/mol. The van der Waals surface area contributed by atoms with Crippen LogP contribution in [0.4, 0.5) is 0 Å². The van der Waals surface area contributed by atoms with Gasteiger partial charge in [-0.2, -0.15) is 0 Å².